The second kappa shape index (κ2) is 17.8. The summed E-state index contributed by atoms with van der Waals surface area (Å²) >= 11 is 0. The number of furan rings is 1. The van der Waals surface area contributed by atoms with Crippen molar-refractivity contribution in [3.63, 3.8) is 0 Å². The summed E-state index contributed by atoms with van der Waals surface area (Å²) in [7, 11) is 0. The van der Waals surface area contributed by atoms with Crippen molar-refractivity contribution in [3.8, 4) is 77.9 Å². The van der Waals surface area contributed by atoms with E-state index in [-0.39, 0.29) is 0 Å². The maximum Gasteiger partial charge on any atom is 0.136 e. The number of benzene rings is 11. The summed E-state index contributed by atoms with van der Waals surface area (Å²) in [6.07, 6.45) is 0. The number of para-hydroxylation sites is 1. The number of anilines is 3. The second-order valence-corrected chi connectivity index (χ2v) is 17.2. The standard InChI is InChI=1S/C66H45NO/c1-3-15-46(16-4-1)47-27-29-48(30-28-47)49-31-38-54(39-32-49)67(55-40-33-50(34-41-55)53-37-44-64-63-25-13-14-26-65(63)68-66(64)45-53)56-42-35-52(36-43-56)58-20-8-10-22-60(58)62-24-12-11-23-61(62)59-21-9-7-19-57(59)51-17-5-2-6-18-51/h1-45H. The number of fused-ring (bicyclic) bond motifs is 3. The van der Waals surface area contributed by atoms with Gasteiger partial charge < -0.3 is 9.32 Å². The minimum absolute atomic E-state index is 0.895. The van der Waals surface area contributed by atoms with Gasteiger partial charge in [-0.15, -0.1) is 0 Å². The molecule has 0 spiro atoms. The van der Waals surface area contributed by atoms with Crippen LogP contribution in [0.25, 0.3) is 99.8 Å². The monoisotopic (exact) mass is 867 g/mol. The highest BCUT2D eigenvalue weighted by atomic mass is 16.3. The molecule has 0 bridgehead atoms. The molecule has 0 N–H and O–H groups in total. The minimum Gasteiger partial charge on any atom is -0.456 e. The van der Waals surface area contributed by atoms with Gasteiger partial charge in [-0.3, -0.25) is 0 Å². The first-order valence-electron chi connectivity index (χ1n) is 23.2. The zero-order valence-corrected chi connectivity index (χ0v) is 37.3. The van der Waals surface area contributed by atoms with Crippen LogP contribution in [0.3, 0.4) is 0 Å². The molecule has 0 amide bonds. The zero-order chi connectivity index (χ0) is 45.2. The van der Waals surface area contributed by atoms with Crippen LogP contribution in [0.1, 0.15) is 0 Å². The molecule has 1 aromatic heterocycles. The average Bonchev–Trinajstić information content (AvgIpc) is 3.80. The lowest BCUT2D eigenvalue weighted by Gasteiger charge is -2.26. The topological polar surface area (TPSA) is 16.4 Å². The summed E-state index contributed by atoms with van der Waals surface area (Å²) in [5.74, 6) is 0. The summed E-state index contributed by atoms with van der Waals surface area (Å²) in [5, 5.41) is 2.27. The molecule has 0 radical (unpaired) electrons. The minimum atomic E-state index is 0.895. The molecule has 0 aliphatic rings. The maximum absolute atomic E-state index is 6.27. The molecule has 0 aliphatic heterocycles. The molecule has 0 saturated heterocycles. The lowest BCUT2D eigenvalue weighted by Crippen LogP contribution is -2.09. The fourth-order valence-electron chi connectivity index (χ4n) is 9.74. The molecule has 1 heterocycles. The Hall–Kier alpha value is -8.98. The van der Waals surface area contributed by atoms with Crippen molar-refractivity contribution in [2.24, 2.45) is 0 Å². The maximum atomic E-state index is 6.27. The van der Waals surface area contributed by atoms with Gasteiger partial charge in [0, 0.05) is 27.8 Å². The van der Waals surface area contributed by atoms with Crippen LogP contribution in [0.5, 0.6) is 0 Å². The van der Waals surface area contributed by atoms with Gasteiger partial charge in [0.2, 0.25) is 0 Å². The second-order valence-electron chi connectivity index (χ2n) is 17.2. The quantitative estimate of drug-likeness (QED) is 0.136. The van der Waals surface area contributed by atoms with E-state index in [4.69, 9.17) is 4.42 Å². The molecule has 0 saturated carbocycles. The van der Waals surface area contributed by atoms with Crippen LogP contribution < -0.4 is 4.90 Å². The smallest absolute Gasteiger partial charge is 0.136 e. The van der Waals surface area contributed by atoms with Crippen LogP contribution in [0.2, 0.25) is 0 Å². The molecule has 0 atom stereocenters. The molecule has 12 aromatic rings. The van der Waals surface area contributed by atoms with Crippen LogP contribution >= 0.6 is 0 Å². The summed E-state index contributed by atoms with van der Waals surface area (Å²) in [4.78, 5) is 2.35. The van der Waals surface area contributed by atoms with Gasteiger partial charge in [0.05, 0.1) is 0 Å². The van der Waals surface area contributed by atoms with Gasteiger partial charge >= 0.3 is 0 Å². The predicted molar refractivity (Wildman–Crippen MR) is 286 cm³/mol. The third-order valence-electron chi connectivity index (χ3n) is 13.2. The third-order valence-corrected chi connectivity index (χ3v) is 13.2. The van der Waals surface area contributed by atoms with E-state index in [0.29, 0.717) is 0 Å². The summed E-state index contributed by atoms with van der Waals surface area (Å²) in [5.41, 5.74) is 21.6. The highest BCUT2D eigenvalue weighted by Crippen LogP contribution is 2.43. The Morgan fingerprint density at radius 1 is 0.206 bits per heavy atom. The van der Waals surface area contributed by atoms with E-state index in [2.05, 4.69) is 266 Å². The first-order valence-corrected chi connectivity index (χ1v) is 23.2. The van der Waals surface area contributed by atoms with Crippen LogP contribution in [0, 0.1) is 0 Å². The van der Waals surface area contributed by atoms with Gasteiger partial charge in [-0.2, -0.15) is 0 Å². The lowest BCUT2D eigenvalue weighted by atomic mass is 9.87. The fourth-order valence-corrected chi connectivity index (χ4v) is 9.74. The lowest BCUT2D eigenvalue weighted by molar-refractivity contribution is 0.669. The zero-order valence-electron chi connectivity index (χ0n) is 37.3. The summed E-state index contributed by atoms with van der Waals surface area (Å²) < 4.78 is 6.27. The molecule has 2 heteroatoms. The number of hydrogen-bond acceptors (Lipinski definition) is 2. The highest BCUT2D eigenvalue weighted by Gasteiger charge is 2.18. The van der Waals surface area contributed by atoms with Crippen LogP contribution in [-0.2, 0) is 0 Å². The molecule has 68 heavy (non-hydrogen) atoms. The van der Waals surface area contributed by atoms with E-state index >= 15 is 0 Å². The van der Waals surface area contributed by atoms with Crippen molar-refractivity contribution in [3.05, 3.63) is 273 Å². The fraction of sp³-hybridized carbons (Fsp3) is 0. The van der Waals surface area contributed by atoms with Gasteiger partial charge in [-0.25, -0.2) is 0 Å². The third kappa shape index (κ3) is 7.74. The van der Waals surface area contributed by atoms with Gasteiger partial charge in [-0.1, -0.05) is 218 Å². The number of nitrogens with zero attached hydrogens (tertiary/aromatic N) is 1. The van der Waals surface area contributed by atoms with E-state index in [1.165, 1.54) is 61.2 Å². The van der Waals surface area contributed by atoms with Crippen molar-refractivity contribution in [1.82, 2.24) is 0 Å². The molecule has 12 rings (SSSR count). The van der Waals surface area contributed by atoms with E-state index in [0.717, 1.165) is 55.7 Å². The first kappa shape index (κ1) is 40.5. The Balaban J connectivity index is 0.904. The largest absolute Gasteiger partial charge is 0.456 e. The number of hydrogen-bond donors (Lipinski definition) is 0. The Morgan fingerprint density at radius 3 is 1.01 bits per heavy atom. The molecule has 320 valence electrons. The molecule has 2 nitrogen and oxygen atoms in total. The van der Waals surface area contributed by atoms with Gasteiger partial charge in [-0.05, 0) is 132 Å². The van der Waals surface area contributed by atoms with Crippen molar-refractivity contribution in [1.29, 1.82) is 0 Å². The van der Waals surface area contributed by atoms with Crippen molar-refractivity contribution in [2.45, 2.75) is 0 Å². The van der Waals surface area contributed by atoms with Crippen molar-refractivity contribution >= 4 is 39.0 Å². The van der Waals surface area contributed by atoms with Crippen LogP contribution in [0.4, 0.5) is 17.1 Å². The predicted octanol–water partition coefficient (Wildman–Crippen LogP) is 18.7. The van der Waals surface area contributed by atoms with Crippen LogP contribution in [0.15, 0.2) is 277 Å². The summed E-state index contributed by atoms with van der Waals surface area (Å²) in [6, 6.07) is 98.0. The van der Waals surface area contributed by atoms with E-state index in [9.17, 15) is 0 Å². The normalized spacial score (nSPS) is 11.2. The van der Waals surface area contributed by atoms with Crippen molar-refractivity contribution in [2.75, 3.05) is 4.90 Å². The van der Waals surface area contributed by atoms with Crippen LogP contribution in [-0.4, -0.2) is 0 Å². The molecular weight excluding hydrogens is 823 g/mol. The van der Waals surface area contributed by atoms with E-state index in [1.54, 1.807) is 0 Å². The Bertz CT molecular complexity index is 3680. The van der Waals surface area contributed by atoms with E-state index < -0.39 is 0 Å². The Morgan fingerprint density at radius 2 is 0.515 bits per heavy atom. The summed E-state index contributed by atoms with van der Waals surface area (Å²) in [6.45, 7) is 0. The van der Waals surface area contributed by atoms with Crippen molar-refractivity contribution < 1.29 is 4.42 Å². The molecular formula is C66H45NO. The molecule has 0 fully saturated rings. The molecule has 0 aliphatic carbocycles. The SMILES string of the molecule is c1ccc(-c2ccc(-c3ccc(N(c4ccc(-c5ccc6c(c5)oc5ccccc56)cc4)c4ccc(-c5ccccc5-c5ccccc5-c5ccccc5-c5ccccc5)cc4)cc3)cc2)cc1. The Labute approximate surface area is 397 Å². The van der Waals surface area contributed by atoms with Gasteiger partial charge in [0.1, 0.15) is 11.2 Å². The highest BCUT2D eigenvalue weighted by molar-refractivity contribution is 6.06. The Kier molecular flexibility index (Phi) is 10.6. The number of rotatable bonds is 10. The van der Waals surface area contributed by atoms with E-state index in [1.807, 2.05) is 12.1 Å². The average molecular weight is 868 g/mol. The molecule has 11 aromatic carbocycles. The first-order chi connectivity index (χ1) is 33.7. The van der Waals surface area contributed by atoms with Gasteiger partial charge in [0.15, 0.2) is 0 Å². The molecule has 0 unspecified atom stereocenters. The van der Waals surface area contributed by atoms with Gasteiger partial charge in [0.25, 0.3) is 0 Å².